The Kier molecular flexibility index (Phi) is 5.04. The molecule has 2 aliphatic carbocycles. The van der Waals surface area contributed by atoms with Crippen molar-refractivity contribution in [2.75, 3.05) is 7.11 Å². The summed E-state index contributed by atoms with van der Waals surface area (Å²) in [5.41, 5.74) is 2.88. The van der Waals surface area contributed by atoms with E-state index < -0.39 is 5.41 Å². The van der Waals surface area contributed by atoms with Crippen LogP contribution in [0, 0.1) is 0 Å². The van der Waals surface area contributed by atoms with Crippen molar-refractivity contribution in [2.24, 2.45) is 0 Å². The Balaban J connectivity index is 1.37. The Morgan fingerprint density at radius 1 is 1.12 bits per heavy atom. The van der Waals surface area contributed by atoms with Crippen LogP contribution in [0.2, 0.25) is 0 Å². The van der Waals surface area contributed by atoms with Crippen LogP contribution in [-0.2, 0) is 26.3 Å². The van der Waals surface area contributed by atoms with Crippen LogP contribution in [0.3, 0.4) is 0 Å². The van der Waals surface area contributed by atoms with Gasteiger partial charge in [0.2, 0.25) is 0 Å². The molecule has 3 aliphatic rings. The zero-order valence-electron chi connectivity index (χ0n) is 19.2. The number of carbonyl (C=O) groups excluding carboxylic acids is 2. The number of benzene rings is 1. The van der Waals surface area contributed by atoms with Gasteiger partial charge in [-0.2, -0.15) is 0 Å². The first kappa shape index (κ1) is 21.1. The number of nitrogens with zero attached hydrogens (tertiary/aromatic N) is 3. The summed E-state index contributed by atoms with van der Waals surface area (Å²) in [7, 11) is 1.59. The molecule has 0 bridgehead atoms. The molecular weight excluding hydrogens is 434 g/mol. The molecule has 8 heteroatoms. The number of carbonyl (C=O) groups is 2. The Bertz CT molecular complexity index is 1290. The minimum atomic E-state index is -0.779. The molecule has 0 amide bonds. The monoisotopic (exact) mass is 461 g/mol. The van der Waals surface area contributed by atoms with Crippen molar-refractivity contribution in [1.29, 1.82) is 0 Å². The number of pyridine rings is 1. The van der Waals surface area contributed by atoms with E-state index in [9.17, 15) is 9.59 Å². The smallest absolute Gasteiger partial charge is 0.338 e. The highest BCUT2D eigenvalue weighted by Gasteiger charge is 2.57. The van der Waals surface area contributed by atoms with Gasteiger partial charge in [-0.05, 0) is 62.8 Å². The first-order valence-electron chi connectivity index (χ1n) is 12.0. The molecule has 0 unspecified atom stereocenters. The highest BCUT2D eigenvalue weighted by atomic mass is 16.5. The van der Waals surface area contributed by atoms with Crippen LogP contribution in [0.25, 0.3) is 16.9 Å². The van der Waals surface area contributed by atoms with Crippen molar-refractivity contribution < 1.29 is 23.8 Å². The Morgan fingerprint density at radius 3 is 2.65 bits per heavy atom. The molecule has 34 heavy (non-hydrogen) atoms. The van der Waals surface area contributed by atoms with Gasteiger partial charge in [-0.3, -0.25) is 4.79 Å². The highest BCUT2D eigenvalue weighted by molar-refractivity contribution is 5.94. The maximum atomic E-state index is 13.3. The van der Waals surface area contributed by atoms with Crippen LogP contribution in [0.1, 0.15) is 73.1 Å². The van der Waals surface area contributed by atoms with Gasteiger partial charge in [-0.25, -0.2) is 14.3 Å². The Labute approximate surface area is 197 Å². The summed E-state index contributed by atoms with van der Waals surface area (Å²) in [4.78, 5) is 29.9. The van der Waals surface area contributed by atoms with E-state index >= 15 is 0 Å². The Hall–Kier alpha value is -3.42. The number of rotatable bonds is 5. The molecule has 176 valence electrons. The summed E-state index contributed by atoms with van der Waals surface area (Å²) in [5, 5.41) is 4.80. The predicted molar refractivity (Wildman–Crippen MR) is 123 cm³/mol. The van der Waals surface area contributed by atoms with Crippen molar-refractivity contribution in [1.82, 2.24) is 14.6 Å². The minimum Gasteiger partial charge on any atom is -0.493 e. The number of hydrogen-bond donors (Lipinski definition) is 0. The van der Waals surface area contributed by atoms with E-state index in [1.165, 1.54) is 12.8 Å². The molecular formula is C26H27N3O5. The van der Waals surface area contributed by atoms with Crippen molar-refractivity contribution in [2.45, 2.75) is 69.5 Å². The van der Waals surface area contributed by atoms with E-state index in [1.807, 2.05) is 24.3 Å². The second kappa shape index (κ2) is 8.11. The van der Waals surface area contributed by atoms with Crippen LogP contribution in [0.5, 0.6) is 5.75 Å². The van der Waals surface area contributed by atoms with E-state index in [2.05, 4.69) is 0 Å². The average Bonchev–Trinajstić information content (AvgIpc) is 3.50. The van der Waals surface area contributed by atoms with E-state index in [4.69, 9.17) is 24.3 Å². The maximum absolute atomic E-state index is 13.3. The largest absolute Gasteiger partial charge is 0.493 e. The predicted octanol–water partition coefficient (Wildman–Crippen LogP) is 4.37. The van der Waals surface area contributed by atoms with Gasteiger partial charge < -0.3 is 14.2 Å². The molecule has 8 nitrogen and oxygen atoms in total. The molecule has 1 aliphatic heterocycles. The molecule has 0 saturated heterocycles. The quantitative estimate of drug-likeness (QED) is 0.411. The second-order valence-electron chi connectivity index (χ2n) is 9.51. The first-order valence-corrected chi connectivity index (χ1v) is 12.0. The highest BCUT2D eigenvalue weighted by Crippen LogP contribution is 2.49. The fraction of sp³-hybridized carbons (Fsp3) is 0.462. The first-order chi connectivity index (χ1) is 16.6. The molecule has 2 saturated carbocycles. The van der Waals surface area contributed by atoms with Gasteiger partial charge in [0, 0.05) is 11.1 Å². The third-order valence-corrected chi connectivity index (χ3v) is 7.29. The van der Waals surface area contributed by atoms with Crippen LogP contribution in [0.15, 0.2) is 30.3 Å². The fourth-order valence-corrected chi connectivity index (χ4v) is 5.08. The number of esters is 2. The number of methoxy groups -OCH3 is 1. The standard InChI is InChI=1S/C26H27N3O5/c1-32-21-11-10-20(16-8-9-19-17(14-16)15-33-23(19)30)29-22(21)27-24(28-29)26(12-13-26)25(31)34-18-6-4-2-3-5-7-18/h8-11,14,18H,2-7,12-13,15H2,1H3. The summed E-state index contributed by atoms with van der Waals surface area (Å²) >= 11 is 0. The zero-order valence-corrected chi connectivity index (χ0v) is 19.2. The van der Waals surface area contributed by atoms with E-state index in [0.29, 0.717) is 35.6 Å². The van der Waals surface area contributed by atoms with Gasteiger partial charge in [0.15, 0.2) is 17.2 Å². The summed E-state index contributed by atoms with van der Waals surface area (Å²) in [6, 6.07) is 9.35. The summed E-state index contributed by atoms with van der Waals surface area (Å²) < 4.78 is 18.4. The Morgan fingerprint density at radius 2 is 1.91 bits per heavy atom. The second-order valence-corrected chi connectivity index (χ2v) is 9.51. The SMILES string of the molecule is COc1ccc(-c2ccc3c(c2)COC3=O)n2nc(C3(C(=O)OC4CCCCCC4)CC3)nc12. The lowest BCUT2D eigenvalue weighted by atomic mass is 10.0. The number of aromatic nitrogens is 3. The van der Waals surface area contributed by atoms with Crippen molar-refractivity contribution in [3.63, 3.8) is 0 Å². The number of fused-ring (bicyclic) bond motifs is 2. The number of cyclic esters (lactones) is 1. The van der Waals surface area contributed by atoms with Crippen molar-refractivity contribution in [3.05, 3.63) is 47.3 Å². The summed E-state index contributed by atoms with van der Waals surface area (Å²) in [6.07, 6.45) is 7.86. The lowest BCUT2D eigenvalue weighted by Gasteiger charge is -2.18. The third-order valence-electron chi connectivity index (χ3n) is 7.29. The van der Waals surface area contributed by atoms with Gasteiger partial charge in [-0.15, -0.1) is 5.10 Å². The molecule has 0 radical (unpaired) electrons. The molecule has 1 aromatic carbocycles. The fourth-order valence-electron chi connectivity index (χ4n) is 5.08. The lowest BCUT2D eigenvalue weighted by Crippen LogP contribution is -2.29. The minimum absolute atomic E-state index is 0.00838. The van der Waals surface area contributed by atoms with Crippen molar-refractivity contribution >= 4 is 17.6 Å². The van der Waals surface area contributed by atoms with Crippen LogP contribution < -0.4 is 4.74 Å². The van der Waals surface area contributed by atoms with Crippen molar-refractivity contribution in [3.8, 4) is 17.0 Å². The van der Waals surface area contributed by atoms with E-state index in [-0.39, 0.29) is 24.6 Å². The number of ether oxygens (including phenoxy) is 3. The molecule has 0 N–H and O–H groups in total. The normalized spacial score (nSPS) is 19.4. The number of hydrogen-bond acceptors (Lipinski definition) is 7. The van der Waals surface area contributed by atoms with Gasteiger partial charge in [0.1, 0.15) is 18.1 Å². The molecule has 0 atom stereocenters. The third kappa shape index (κ3) is 3.43. The van der Waals surface area contributed by atoms with Crippen LogP contribution in [-0.4, -0.2) is 39.8 Å². The molecule has 6 rings (SSSR count). The summed E-state index contributed by atoms with van der Waals surface area (Å²) in [5.74, 6) is 0.558. The van der Waals surface area contributed by atoms with Gasteiger partial charge in [0.05, 0.1) is 18.4 Å². The van der Waals surface area contributed by atoms with E-state index in [1.54, 1.807) is 17.7 Å². The van der Waals surface area contributed by atoms with Gasteiger partial charge in [-0.1, -0.05) is 18.9 Å². The van der Waals surface area contributed by atoms with E-state index in [0.717, 1.165) is 42.5 Å². The van der Waals surface area contributed by atoms with Gasteiger partial charge in [0.25, 0.3) is 0 Å². The van der Waals surface area contributed by atoms with Crippen LogP contribution in [0.4, 0.5) is 0 Å². The van der Waals surface area contributed by atoms with Gasteiger partial charge >= 0.3 is 11.9 Å². The topological polar surface area (TPSA) is 92.0 Å². The zero-order chi connectivity index (χ0) is 23.3. The molecule has 0 spiro atoms. The molecule has 3 aromatic rings. The summed E-state index contributed by atoms with van der Waals surface area (Å²) in [6.45, 7) is 0.264. The lowest BCUT2D eigenvalue weighted by molar-refractivity contribution is -0.153. The average molecular weight is 462 g/mol. The maximum Gasteiger partial charge on any atom is 0.338 e. The molecule has 2 fully saturated rings. The molecule has 2 aromatic heterocycles. The van der Waals surface area contributed by atoms with Crippen LogP contribution >= 0.6 is 0 Å². The molecule has 3 heterocycles.